The minimum absolute atomic E-state index is 0.0704. The van der Waals surface area contributed by atoms with Gasteiger partial charge in [0.05, 0.1) is 54.6 Å². The Kier molecular flexibility index (Phi) is 27.0. The third-order valence-electron chi connectivity index (χ3n) is 12.9. The molecule has 0 aromatic rings. The van der Waals surface area contributed by atoms with Crippen LogP contribution in [-0.2, 0) is 57.5 Å². The van der Waals surface area contributed by atoms with Crippen molar-refractivity contribution in [3.63, 3.8) is 0 Å². The van der Waals surface area contributed by atoms with Crippen LogP contribution in [-0.4, -0.2) is 147 Å². The number of carboxylic acid groups (broad SMARTS) is 2. The summed E-state index contributed by atoms with van der Waals surface area (Å²) in [6.07, 6.45) is -1.77. The molecule has 22 heteroatoms. The van der Waals surface area contributed by atoms with Crippen molar-refractivity contribution in [1.82, 2.24) is 26.2 Å². The molecule has 2 fully saturated rings. The molecule has 2 rings (SSSR count). The Morgan fingerprint density at radius 1 is 0.662 bits per heavy atom. The second kappa shape index (κ2) is 31.1. The summed E-state index contributed by atoms with van der Waals surface area (Å²) in [7, 11) is 0. The Labute approximate surface area is 415 Å². The van der Waals surface area contributed by atoms with Crippen molar-refractivity contribution in [3.05, 3.63) is 0 Å². The van der Waals surface area contributed by atoms with Crippen LogP contribution in [0.2, 0.25) is 0 Å². The largest absolute Gasteiger partial charge is 0.481 e. The Hall–Kier alpha value is -5.48. The maximum absolute atomic E-state index is 14.0. The van der Waals surface area contributed by atoms with Crippen LogP contribution < -0.4 is 32.7 Å². The Morgan fingerprint density at radius 3 is 1.87 bits per heavy atom. The number of aliphatic carboxylic acids is 2. The number of Topliss-reactive ketones (excluding diaryl/α,β-unsaturated/α-hetero) is 5. The first-order chi connectivity index (χ1) is 33.3. The van der Waals surface area contributed by atoms with Gasteiger partial charge in [0.1, 0.15) is 5.78 Å². The summed E-state index contributed by atoms with van der Waals surface area (Å²) in [5, 5.41) is 39.7. The van der Waals surface area contributed by atoms with Gasteiger partial charge in [-0.25, -0.2) is 0 Å². The first-order valence-corrected chi connectivity index (χ1v) is 25.0. The van der Waals surface area contributed by atoms with Gasteiger partial charge in [0, 0.05) is 70.4 Å². The summed E-state index contributed by atoms with van der Waals surface area (Å²) < 4.78 is 0. The fraction of sp³-hybridized carbons (Fsp3) is 0.755. The molecule has 0 spiro atoms. The number of likely N-dealkylation sites (tertiary alicyclic amines) is 1. The van der Waals surface area contributed by atoms with Crippen LogP contribution >= 0.6 is 0 Å². The number of β-amino-alcohol motifs (C(OH)–C–C–N with tert-alkyl or cyclic N) is 1. The molecule has 400 valence electrons. The topological polar surface area (TPSA) is 369 Å². The van der Waals surface area contributed by atoms with Crippen molar-refractivity contribution in [2.75, 3.05) is 19.6 Å². The van der Waals surface area contributed by atoms with Gasteiger partial charge in [0.2, 0.25) is 29.5 Å². The lowest BCUT2D eigenvalue weighted by Crippen LogP contribution is -2.48. The average Bonchev–Trinajstić information content (AvgIpc) is 3.97. The maximum atomic E-state index is 14.0. The smallest absolute Gasteiger partial charge is 0.306 e. The molecular formula is C49H79N7O15. The number of hydrogen-bond acceptors (Lipinski definition) is 15. The van der Waals surface area contributed by atoms with Gasteiger partial charge < -0.3 is 53.0 Å². The van der Waals surface area contributed by atoms with Gasteiger partial charge in [-0.3, -0.25) is 57.5 Å². The fourth-order valence-corrected chi connectivity index (χ4v) is 8.99. The normalized spacial score (nSPS) is 19.2. The SMILES string of the molecule is CC(C)C[C@H](CC(=O)[C@H](CC(C)C)NC(=O)[C@H](CC(=O)O)CC(=O)[C@H](CCC(N)=O)NC(=O)CCC(=O)[C@@H]1C[C@@H](O)CN1)C(=O)N[C@@H](C)C(=O)CCC(=O)N1CCC[C@H]1C(=O)C[C@@H](CCCCN)C(=O)O. The number of hydrogen-bond donors (Lipinski definition) is 9. The zero-order valence-corrected chi connectivity index (χ0v) is 42.0. The maximum Gasteiger partial charge on any atom is 0.306 e. The number of primary amides is 1. The number of ketones is 5. The minimum atomic E-state index is -1.54. The van der Waals surface area contributed by atoms with Gasteiger partial charge >= 0.3 is 11.9 Å². The summed E-state index contributed by atoms with van der Waals surface area (Å²) in [6, 6.07) is -5.12. The number of nitrogens with zero attached hydrogens (tertiary/aromatic N) is 1. The second-order valence-electron chi connectivity index (χ2n) is 20.0. The van der Waals surface area contributed by atoms with Crippen LogP contribution in [0.4, 0.5) is 0 Å². The van der Waals surface area contributed by atoms with E-state index in [1.807, 2.05) is 13.8 Å². The molecule has 5 amide bonds. The van der Waals surface area contributed by atoms with Crippen LogP contribution in [0.5, 0.6) is 0 Å². The van der Waals surface area contributed by atoms with Crippen LogP contribution in [0, 0.1) is 29.6 Å². The summed E-state index contributed by atoms with van der Waals surface area (Å²) >= 11 is 0. The minimum Gasteiger partial charge on any atom is -0.481 e. The van der Waals surface area contributed by atoms with Crippen molar-refractivity contribution >= 4 is 70.4 Å². The van der Waals surface area contributed by atoms with E-state index in [1.54, 1.807) is 13.8 Å². The first kappa shape index (κ1) is 61.6. The molecule has 0 unspecified atom stereocenters. The quantitative estimate of drug-likeness (QED) is 0.0389. The van der Waals surface area contributed by atoms with E-state index in [-0.39, 0.29) is 114 Å². The van der Waals surface area contributed by atoms with E-state index in [0.29, 0.717) is 32.2 Å². The molecule has 22 nitrogen and oxygen atoms in total. The highest BCUT2D eigenvalue weighted by molar-refractivity contribution is 5.98. The third-order valence-corrected chi connectivity index (χ3v) is 12.9. The number of aliphatic hydroxyl groups is 1. The first-order valence-electron chi connectivity index (χ1n) is 25.0. The van der Waals surface area contributed by atoms with E-state index in [4.69, 9.17) is 11.5 Å². The summed E-state index contributed by atoms with van der Waals surface area (Å²) in [5.41, 5.74) is 10.8. The van der Waals surface area contributed by atoms with Gasteiger partial charge in [0.15, 0.2) is 23.1 Å². The molecule has 2 aliphatic heterocycles. The molecule has 2 aliphatic rings. The van der Waals surface area contributed by atoms with Crippen LogP contribution in [0.1, 0.15) is 150 Å². The summed E-state index contributed by atoms with van der Waals surface area (Å²) in [6.45, 7) is 9.54. The van der Waals surface area contributed by atoms with Crippen molar-refractivity contribution in [2.45, 2.75) is 187 Å². The number of carboxylic acids is 2. The van der Waals surface area contributed by atoms with Crippen molar-refractivity contribution < 1.29 is 72.9 Å². The number of aliphatic hydroxyl groups excluding tert-OH is 1. The van der Waals surface area contributed by atoms with Gasteiger partial charge in [-0.05, 0) is 76.7 Å². The number of nitrogens with two attached hydrogens (primary N) is 2. The van der Waals surface area contributed by atoms with E-state index in [1.165, 1.54) is 11.8 Å². The van der Waals surface area contributed by atoms with E-state index in [0.717, 1.165) is 0 Å². The monoisotopic (exact) mass is 1010 g/mol. The molecule has 0 bridgehead atoms. The molecule has 11 N–H and O–H groups in total. The summed E-state index contributed by atoms with van der Waals surface area (Å²) in [4.78, 5) is 157. The van der Waals surface area contributed by atoms with Crippen LogP contribution in [0.3, 0.4) is 0 Å². The Morgan fingerprint density at radius 2 is 1.30 bits per heavy atom. The van der Waals surface area contributed by atoms with Crippen molar-refractivity contribution in [1.29, 1.82) is 0 Å². The van der Waals surface area contributed by atoms with E-state index < -0.39 is 126 Å². The number of carbonyl (C=O) groups excluding carboxylic acids is 10. The third kappa shape index (κ3) is 22.6. The lowest BCUT2D eigenvalue weighted by Gasteiger charge is -2.26. The van der Waals surface area contributed by atoms with Gasteiger partial charge in [-0.1, -0.05) is 34.1 Å². The molecule has 0 aliphatic carbocycles. The van der Waals surface area contributed by atoms with Gasteiger partial charge in [0.25, 0.3) is 0 Å². The Bertz CT molecular complexity index is 1910. The molecule has 0 aromatic carbocycles. The van der Waals surface area contributed by atoms with Gasteiger partial charge in [-0.15, -0.1) is 0 Å². The second-order valence-corrected chi connectivity index (χ2v) is 20.0. The molecule has 71 heavy (non-hydrogen) atoms. The fourth-order valence-electron chi connectivity index (χ4n) is 8.99. The Balaban J connectivity index is 2.13. The molecular weight excluding hydrogens is 927 g/mol. The summed E-state index contributed by atoms with van der Waals surface area (Å²) in [5.74, 6) is -12.4. The lowest BCUT2D eigenvalue weighted by molar-refractivity contribution is -0.145. The predicted molar refractivity (Wildman–Crippen MR) is 257 cm³/mol. The van der Waals surface area contributed by atoms with E-state index in [9.17, 15) is 72.9 Å². The van der Waals surface area contributed by atoms with Crippen LogP contribution in [0.15, 0.2) is 0 Å². The molecule has 2 saturated heterocycles. The van der Waals surface area contributed by atoms with Gasteiger partial charge in [-0.2, -0.15) is 0 Å². The van der Waals surface area contributed by atoms with Crippen molar-refractivity contribution in [3.8, 4) is 0 Å². The lowest BCUT2D eigenvalue weighted by atomic mass is 9.87. The van der Waals surface area contributed by atoms with E-state index in [2.05, 4.69) is 21.3 Å². The van der Waals surface area contributed by atoms with E-state index >= 15 is 0 Å². The number of rotatable bonds is 36. The van der Waals surface area contributed by atoms with Crippen molar-refractivity contribution in [2.24, 2.45) is 41.1 Å². The molecule has 0 saturated carbocycles. The number of amides is 5. The van der Waals surface area contributed by atoms with Crippen LogP contribution in [0.25, 0.3) is 0 Å². The highest BCUT2D eigenvalue weighted by atomic mass is 16.4. The number of carbonyl (C=O) groups is 12. The molecule has 9 atom stereocenters. The molecule has 2 heterocycles. The zero-order valence-electron chi connectivity index (χ0n) is 42.0. The predicted octanol–water partition coefficient (Wildman–Crippen LogP) is 0.645. The highest BCUT2D eigenvalue weighted by Gasteiger charge is 2.38. The zero-order chi connectivity index (χ0) is 53.5. The number of unbranched alkanes of at least 4 members (excludes halogenated alkanes) is 1. The highest BCUT2D eigenvalue weighted by Crippen LogP contribution is 2.25. The standard InChI is InChI=1S/C49H79N7O15/c1-27(2)19-31(47(68)53-29(5)38(58)13-16-45(65)56-18-8-10-37(56)42(62)21-30(49(70)71)9-6-7-17-50)22-41(61)36(20-28(3)4)55-48(69)32(24-46(66)67)23-40(60)34(11-14-43(51)63)54-44(64)15-12-39(59)35-25-33(57)26-52-35/h27-37,52,57H,6-26,50H2,1-5H3,(H2,51,63)(H,53,68)(H,54,64)(H,55,69)(H,66,67)(H,70,71)/t29-,30+,31+,32-,33+,34-,35-,36-,37-/m0/s1. The average molecular weight is 1010 g/mol. The number of nitrogens with one attached hydrogen (secondary N) is 4. The molecule has 0 radical (unpaired) electrons. The molecule has 0 aromatic heterocycles.